The Kier molecular flexibility index (Phi) is 4.15. The van der Waals surface area contributed by atoms with Gasteiger partial charge in [-0.05, 0) is 26.2 Å². The summed E-state index contributed by atoms with van der Waals surface area (Å²) in [4.78, 5) is 24.4. The summed E-state index contributed by atoms with van der Waals surface area (Å²) in [6.07, 6.45) is 2.28. The molecule has 16 heavy (non-hydrogen) atoms. The van der Waals surface area contributed by atoms with E-state index in [1.807, 2.05) is 6.92 Å². The lowest BCUT2D eigenvalue weighted by Gasteiger charge is -2.37. The fourth-order valence-electron chi connectivity index (χ4n) is 1.93. The second-order valence-electron chi connectivity index (χ2n) is 4.62. The monoisotopic (exact) mass is 228 g/mol. The van der Waals surface area contributed by atoms with Gasteiger partial charge in [-0.2, -0.15) is 0 Å². The lowest BCUT2D eigenvalue weighted by molar-refractivity contribution is -0.150. The summed E-state index contributed by atoms with van der Waals surface area (Å²) in [7, 11) is 0. The highest BCUT2D eigenvalue weighted by Gasteiger charge is 2.39. The third-order valence-corrected chi connectivity index (χ3v) is 3.03. The molecule has 1 unspecified atom stereocenters. The normalized spacial score (nSPS) is 25.2. The SMILES string of the molecule is CCCNC(=O)N1CCCC(C)(C(=O)O)C1. The third kappa shape index (κ3) is 2.87. The molecule has 0 bridgehead atoms. The molecule has 5 nitrogen and oxygen atoms in total. The van der Waals surface area contributed by atoms with Crippen LogP contribution < -0.4 is 5.32 Å². The summed E-state index contributed by atoms with van der Waals surface area (Å²) in [6.45, 7) is 5.28. The molecular weight excluding hydrogens is 208 g/mol. The van der Waals surface area contributed by atoms with Gasteiger partial charge < -0.3 is 15.3 Å². The Bertz CT molecular complexity index is 280. The predicted octanol–water partition coefficient (Wildman–Crippen LogP) is 1.29. The minimum Gasteiger partial charge on any atom is -0.481 e. The smallest absolute Gasteiger partial charge is 0.317 e. The highest BCUT2D eigenvalue weighted by molar-refractivity contribution is 5.78. The molecule has 1 aliphatic rings. The number of urea groups is 1. The van der Waals surface area contributed by atoms with Crippen molar-refractivity contribution in [2.75, 3.05) is 19.6 Å². The highest BCUT2D eigenvalue weighted by Crippen LogP contribution is 2.29. The van der Waals surface area contributed by atoms with Gasteiger partial charge >= 0.3 is 12.0 Å². The van der Waals surface area contributed by atoms with Crippen LogP contribution in [0.4, 0.5) is 4.79 Å². The van der Waals surface area contributed by atoms with E-state index in [1.165, 1.54) is 0 Å². The number of piperidine rings is 1. The van der Waals surface area contributed by atoms with E-state index < -0.39 is 11.4 Å². The molecule has 1 rings (SSSR count). The standard InChI is InChI=1S/C11H20N2O3/c1-3-6-12-10(16)13-7-4-5-11(2,8-13)9(14)15/h3-8H2,1-2H3,(H,12,16)(H,14,15). The maximum atomic E-state index is 11.7. The van der Waals surface area contributed by atoms with E-state index in [-0.39, 0.29) is 6.03 Å². The fourth-order valence-corrected chi connectivity index (χ4v) is 1.93. The van der Waals surface area contributed by atoms with Gasteiger partial charge in [0.05, 0.1) is 5.41 Å². The van der Waals surface area contributed by atoms with E-state index in [2.05, 4.69) is 5.32 Å². The molecular formula is C11H20N2O3. The lowest BCUT2D eigenvalue weighted by Crippen LogP contribution is -2.51. The topological polar surface area (TPSA) is 69.6 Å². The first kappa shape index (κ1) is 12.8. The van der Waals surface area contributed by atoms with Crippen molar-refractivity contribution in [3.8, 4) is 0 Å². The number of carbonyl (C=O) groups is 2. The molecule has 2 N–H and O–H groups in total. The van der Waals surface area contributed by atoms with Crippen LogP contribution >= 0.6 is 0 Å². The van der Waals surface area contributed by atoms with Gasteiger partial charge in [0.15, 0.2) is 0 Å². The van der Waals surface area contributed by atoms with Crippen LogP contribution in [0.15, 0.2) is 0 Å². The average Bonchev–Trinajstić information content (AvgIpc) is 2.25. The van der Waals surface area contributed by atoms with Gasteiger partial charge in [-0.25, -0.2) is 4.79 Å². The van der Waals surface area contributed by atoms with E-state index >= 15 is 0 Å². The quantitative estimate of drug-likeness (QED) is 0.764. The van der Waals surface area contributed by atoms with E-state index in [0.29, 0.717) is 26.1 Å². The van der Waals surface area contributed by atoms with Crippen LogP contribution in [0.2, 0.25) is 0 Å². The van der Waals surface area contributed by atoms with Gasteiger partial charge in [-0.1, -0.05) is 6.92 Å². The Balaban J connectivity index is 2.56. The molecule has 92 valence electrons. The molecule has 1 fully saturated rings. The van der Waals surface area contributed by atoms with Crippen LogP contribution in [0.3, 0.4) is 0 Å². The average molecular weight is 228 g/mol. The van der Waals surface area contributed by atoms with Crippen LogP contribution in [0.5, 0.6) is 0 Å². The molecule has 0 radical (unpaired) electrons. The molecule has 2 amide bonds. The molecule has 1 aliphatic heterocycles. The summed E-state index contributed by atoms with van der Waals surface area (Å²) in [5, 5.41) is 11.9. The van der Waals surface area contributed by atoms with Crippen LogP contribution in [0.25, 0.3) is 0 Å². The van der Waals surface area contributed by atoms with E-state index in [9.17, 15) is 9.59 Å². The minimum atomic E-state index is -0.819. The zero-order chi connectivity index (χ0) is 12.2. The van der Waals surface area contributed by atoms with Crippen molar-refractivity contribution >= 4 is 12.0 Å². The zero-order valence-corrected chi connectivity index (χ0v) is 9.95. The van der Waals surface area contributed by atoms with E-state index in [1.54, 1.807) is 11.8 Å². The first-order valence-corrected chi connectivity index (χ1v) is 5.76. The first-order valence-electron chi connectivity index (χ1n) is 5.76. The van der Waals surface area contributed by atoms with Crippen molar-refractivity contribution in [1.82, 2.24) is 10.2 Å². The maximum Gasteiger partial charge on any atom is 0.317 e. The van der Waals surface area contributed by atoms with Crippen molar-refractivity contribution in [2.24, 2.45) is 5.41 Å². The molecule has 1 atom stereocenters. The Morgan fingerprint density at radius 3 is 2.75 bits per heavy atom. The largest absolute Gasteiger partial charge is 0.481 e. The van der Waals surface area contributed by atoms with Gasteiger partial charge in [-0.3, -0.25) is 4.79 Å². The van der Waals surface area contributed by atoms with Crippen molar-refractivity contribution in [3.05, 3.63) is 0 Å². The fraction of sp³-hybridized carbons (Fsp3) is 0.818. The molecule has 1 saturated heterocycles. The second-order valence-corrected chi connectivity index (χ2v) is 4.62. The number of carbonyl (C=O) groups excluding carboxylic acids is 1. The number of carboxylic acids is 1. The number of carboxylic acid groups (broad SMARTS) is 1. The summed E-state index contributed by atoms with van der Waals surface area (Å²) in [6, 6.07) is -0.144. The number of rotatable bonds is 3. The van der Waals surface area contributed by atoms with Crippen LogP contribution in [-0.2, 0) is 4.79 Å². The molecule has 0 aromatic rings. The van der Waals surface area contributed by atoms with Gasteiger partial charge in [0.1, 0.15) is 0 Å². The summed E-state index contributed by atoms with van der Waals surface area (Å²) < 4.78 is 0. The molecule has 0 aromatic heterocycles. The molecule has 0 saturated carbocycles. The maximum absolute atomic E-state index is 11.7. The summed E-state index contributed by atoms with van der Waals surface area (Å²) >= 11 is 0. The molecule has 5 heteroatoms. The van der Waals surface area contributed by atoms with Gasteiger partial charge in [-0.15, -0.1) is 0 Å². The van der Waals surface area contributed by atoms with Gasteiger partial charge in [0, 0.05) is 19.6 Å². The second kappa shape index (κ2) is 5.18. The molecule has 0 spiro atoms. The Labute approximate surface area is 95.8 Å². The molecule has 0 aliphatic carbocycles. The Morgan fingerprint density at radius 1 is 1.50 bits per heavy atom. The van der Waals surface area contributed by atoms with Crippen molar-refractivity contribution in [3.63, 3.8) is 0 Å². The number of amides is 2. The third-order valence-electron chi connectivity index (χ3n) is 3.03. The number of aliphatic carboxylic acids is 1. The molecule has 0 aromatic carbocycles. The van der Waals surface area contributed by atoms with Crippen molar-refractivity contribution in [2.45, 2.75) is 33.1 Å². The van der Waals surface area contributed by atoms with Gasteiger partial charge in [0.25, 0.3) is 0 Å². The Hall–Kier alpha value is -1.26. The first-order chi connectivity index (χ1) is 7.49. The van der Waals surface area contributed by atoms with Crippen molar-refractivity contribution in [1.29, 1.82) is 0 Å². The number of hydrogen-bond acceptors (Lipinski definition) is 2. The summed E-state index contributed by atoms with van der Waals surface area (Å²) in [5.74, 6) is -0.819. The van der Waals surface area contributed by atoms with E-state index in [4.69, 9.17) is 5.11 Å². The van der Waals surface area contributed by atoms with Crippen molar-refractivity contribution < 1.29 is 14.7 Å². The Morgan fingerprint density at radius 2 is 2.19 bits per heavy atom. The minimum absolute atomic E-state index is 0.144. The number of nitrogens with zero attached hydrogens (tertiary/aromatic N) is 1. The highest BCUT2D eigenvalue weighted by atomic mass is 16.4. The number of hydrogen-bond donors (Lipinski definition) is 2. The summed E-state index contributed by atoms with van der Waals surface area (Å²) in [5.41, 5.74) is -0.790. The predicted molar refractivity (Wildman–Crippen MR) is 60.2 cm³/mol. The van der Waals surface area contributed by atoms with E-state index in [0.717, 1.165) is 12.8 Å². The lowest BCUT2D eigenvalue weighted by atomic mass is 9.82. The van der Waals surface area contributed by atoms with Crippen LogP contribution in [0, 0.1) is 5.41 Å². The zero-order valence-electron chi connectivity index (χ0n) is 9.95. The molecule has 1 heterocycles. The van der Waals surface area contributed by atoms with Gasteiger partial charge in [0.2, 0.25) is 0 Å². The number of likely N-dealkylation sites (tertiary alicyclic amines) is 1. The van der Waals surface area contributed by atoms with Crippen LogP contribution in [-0.4, -0.2) is 41.6 Å². The van der Waals surface area contributed by atoms with Crippen LogP contribution in [0.1, 0.15) is 33.1 Å². The number of nitrogens with one attached hydrogen (secondary N) is 1.